The summed E-state index contributed by atoms with van der Waals surface area (Å²) in [6, 6.07) is 7.53. The van der Waals surface area contributed by atoms with Crippen molar-refractivity contribution >= 4 is 0 Å². The highest BCUT2D eigenvalue weighted by molar-refractivity contribution is 5.32. The van der Waals surface area contributed by atoms with E-state index < -0.39 is 0 Å². The molecule has 0 unspecified atom stereocenters. The van der Waals surface area contributed by atoms with Gasteiger partial charge in [0.05, 0.1) is 66.1 Å². The molecule has 0 heterocycles. The Hall–Kier alpha value is -1.42. The molecule has 0 radical (unpaired) electrons. The van der Waals surface area contributed by atoms with Crippen molar-refractivity contribution in [3.8, 4) is 11.5 Å². The Labute approximate surface area is 180 Å². The van der Waals surface area contributed by atoms with Gasteiger partial charge in [-0.15, -0.1) is 0 Å². The molecule has 0 atom stereocenters. The normalized spacial score (nSPS) is 11.0. The van der Waals surface area contributed by atoms with Gasteiger partial charge in [0.1, 0.15) is 24.7 Å². The molecule has 1 aromatic carbocycles. The quantitative estimate of drug-likeness (QED) is 0.260. The maximum absolute atomic E-state index is 5.68. The molecule has 174 valence electrons. The lowest BCUT2D eigenvalue weighted by atomic mass is 10.3. The predicted octanol–water partition coefficient (Wildman–Crippen LogP) is 2.58. The van der Waals surface area contributed by atoms with Crippen LogP contribution in [0.5, 0.6) is 11.5 Å². The van der Waals surface area contributed by atoms with Crippen LogP contribution in [0.15, 0.2) is 24.3 Å². The van der Waals surface area contributed by atoms with E-state index in [0.29, 0.717) is 92.5 Å². The van der Waals surface area contributed by atoms with E-state index >= 15 is 0 Å². The van der Waals surface area contributed by atoms with E-state index in [9.17, 15) is 0 Å². The van der Waals surface area contributed by atoms with Crippen molar-refractivity contribution in [1.82, 2.24) is 0 Å². The summed E-state index contributed by atoms with van der Waals surface area (Å²) in [5.41, 5.74) is 0. The first kappa shape index (κ1) is 26.6. The number of hydrogen-bond acceptors (Lipinski definition) is 8. The summed E-state index contributed by atoms with van der Waals surface area (Å²) in [5.74, 6) is 1.49. The van der Waals surface area contributed by atoms with Gasteiger partial charge in [0.15, 0.2) is 0 Å². The number of ether oxygens (including phenoxy) is 8. The van der Waals surface area contributed by atoms with Crippen molar-refractivity contribution in [2.24, 2.45) is 0 Å². The Morgan fingerprint density at radius 3 is 1.17 bits per heavy atom. The SMILES string of the molecule is CCOCCOCCOCCOc1cccc(OCCOCCOCCOCC)c1. The third-order valence-corrected chi connectivity index (χ3v) is 3.69. The van der Waals surface area contributed by atoms with Gasteiger partial charge in [-0.1, -0.05) is 6.07 Å². The highest BCUT2D eigenvalue weighted by atomic mass is 16.6. The van der Waals surface area contributed by atoms with Crippen LogP contribution in [-0.4, -0.2) is 92.5 Å². The van der Waals surface area contributed by atoms with Crippen LogP contribution in [0, 0.1) is 0 Å². The molecule has 30 heavy (non-hydrogen) atoms. The molecule has 0 spiro atoms. The molecular weight excluding hydrogens is 392 g/mol. The number of benzene rings is 1. The summed E-state index contributed by atoms with van der Waals surface area (Å²) in [4.78, 5) is 0. The van der Waals surface area contributed by atoms with Gasteiger partial charge in [-0.05, 0) is 26.0 Å². The topological polar surface area (TPSA) is 73.8 Å². The Morgan fingerprint density at radius 1 is 0.467 bits per heavy atom. The molecule has 8 nitrogen and oxygen atoms in total. The third kappa shape index (κ3) is 16.4. The maximum atomic E-state index is 5.68. The molecule has 0 saturated carbocycles. The van der Waals surface area contributed by atoms with Crippen LogP contribution < -0.4 is 9.47 Å². The summed E-state index contributed by atoms with van der Waals surface area (Å²) >= 11 is 0. The molecule has 0 fully saturated rings. The fraction of sp³-hybridized carbons (Fsp3) is 0.727. The van der Waals surface area contributed by atoms with Gasteiger partial charge in [0, 0.05) is 19.3 Å². The lowest BCUT2D eigenvalue weighted by Crippen LogP contribution is -2.13. The Bertz CT molecular complexity index is 447. The van der Waals surface area contributed by atoms with Gasteiger partial charge in [-0.25, -0.2) is 0 Å². The zero-order chi connectivity index (χ0) is 21.5. The molecule has 1 rings (SSSR count). The van der Waals surface area contributed by atoms with Crippen molar-refractivity contribution in [2.75, 3.05) is 92.5 Å². The fourth-order valence-electron chi connectivity index (χ4n) is 2.26. The largest absolute Gasteiger partial charge is 0.491 e. The van der Waals surface area contributed by atoms with Gasteiger partial charge in [-0.2, -0.15) is 0 Å². The first-order valence-electron chi connectivity index (χ1n) is 10.7. The van der Waals surface area contributed by atoms with Gasteiger partial charge in [0.2, 0.25) is 0 Å². The second kappa shape index (κ2) is 20.8. The Kier molecular flexibility index (Phi) is 18.5. The minimum atomic E-state index is 0.467. The van der Waals surface area contributed by atoms with Crippen LogP contribution in [0.25, 0.3) is 0 Å². The smallest absolute Gasteiger partial charge is 0.123 e. The second-order valence-corrected chi connectivity index (χ2v) is 6.02. The van der Waals surface area contributed by atoms with E-state index in [1.807, 2.05) is 38.1 Å². The zero-order valence-electron chi connectivity index (χ0n) is 18.5. The van der Waals surface area contributed by atoms with E-state index in [1.165, 1.54) is 0 Å². The summed E-state index contributed by atoms with van der Waals surface area (Å²) in [6.45, 7) is 11.9. The molecule has 0 aromatic heterocycles. The van der Waals surface area contributed by atoms with Crippen LogP contribution >= 0.6 is 0 Å². The Balaban J connectivity index is 1.97. The maximum Gasteiger partial charge on any atom is 0.123 e. The summed E-state index contributed by atoms with van der Waals surface area (Å²) in [6.07, 6.45) is 0. The van der Waals surface area contributed by atoms with Crippen molar-refractivity contribution < 1.29 is 37.9 Å². The zero-order valence-corrected chi connectivity index (χ0v) is 18.5. The van der Waals surface area contributed by atoms with Gasteiger partial charge in [-0.3, -0.25) is 0 Å². The molecule has 8 heteroatoms. The molecule has 0 saturated heterocycles. The fourth-order valence-corrected chi connectivity index (χ4v) is 2.26. The molecule has 0 aliphatic carbocycles. The first-order chi connectivity index (χ1) is 14.9. The van der Waals surface area contributed by atoms with Crippen LogP contribution in [0.1, 0.15) is 13.8 Å². The van der Waals surface area contributed by atoms with Gasteiger partial charge < -0.3 is 37.9 Å². The monoisotopic (exact) mass is 430 g/mol. The van der Waals surface area contributed by atoms with Crippen LogP contribution in [0.2, 0.25) is 0 Å². The first-order valence-corrected chi connectivity index (χ1v) is 10.7. The van der Waals surface area contributed by atoms with Crippen molar-refractivity contribution in [3.05, 3.63) is 24.3 Å². The van der Waals surface area contributed by atoms with Crippen molar-refractivity contribution in [3.63, 3.8) is 0 Å². The predicted molar refractivity (Wildman–Crippen MR) is 114 cm³/mol. The van der Waals surface area contributed by atoms with E-state index in [2.05, 4.69) is 0 Å². The summed E-state index contributed by atoms with van der Waals surface area (Å²) in [5, 5.41) is 0. The van der Waals surface area contributed by atoms with E-state index in [-0.39, 0.29) is 0 Å². The second-order valence-electron chi connectivity index (χ2n) is 6.02. The molecule has 1 aromatic rings. The third-order valence-electron chi connectivity index (χ3n) is 3.69. The summed E-state index contributed by atoms with van der Waals surface area (Å²) < 4.78 is 43.4. The average molecular weight is 431 g/mol. The Morgan fingerprint density at radius 2 is 0.800 bits per heavy atom. The molecule has 0 bridgehead atoms. The van der Waals surface area contributed by atoms with E-state index in [1.54, 1.807) is 0 Å². The van der Waals surface area contributed by atoms with E-state index in [4.69, 9.17) is 37.9 Å². The van der Waals surface area contributed by atoms with Crippen LogP contribution in [0.3, 0.4) is 0 Å². The highest BCUT2D eigenvalue weighted by Crippen LogP contribution is 2.19. The molecule has 0 amide bonds. The van der Waals surface area contributed by atoms with E-state index in [0.717, 1.165) is 11.5 Å². The molecule has 0 N–H and O–H groups in total. The highest BCUT2D eigenvalue weighted by Gasteiger charge is 1.99. The van der Waals surface area contributed by atoms with Gasteiger partial charge >= 0.3 is 0 Å². The molecule has 0 aliphatic heterocycles. The number of hydrogen-bond donors (Lipinski definition) is 0. The summed E-state index contributed by atoms with van der Waals surface area (Å²) in [7, 11) is 0. The lowest BCUT2D eigenvalue weighted by molar-refractivity contribution is 0.0110. The standard InChI is InChI=1S/C22H38O8/c1-3-23-8-10-25-12-14-27-16-18-29-21-6-5-7-22(20-21)30-19-17-28-15-13-26-11-9-24-4-2/h5-7,20H,3-4,8-19H2,1-2H3. The van der Waals surface area contributed by atoms with Crippen LogP contribution in [-0.2, 0) is 28.4 Å². The van der Waals surface area contributed by atoms with Crippen LogP contribution in [0.4, 0.5) is 0 Å². The minimum Gasteiger partial charge on any atom is -0.491 e. The molecular formula is C22H38O8. The minimum absolute atomic E-state index is 0.467. The lowest BCUT2D eigenvalue weighted by Gasteiger charge is -2.10. The number of rotatable bonds is 22. The average Bonchev–Trinajstić information content (AvgIpc) is 2.76. The van der Waals surface area contributed by atoms with Gasteiger partial charge in [0.25, 0.3) is 0 Å². The molecule has 0 aliphatic rings. The van der Waals surface area contributed by atoms with Crippen molar-refractivity contribution in [1.29, 1.82) is 0 Å². The van der Waals surface area contributed by atoms with Crippen molar-refractivity contribution in [2.45, 2.75) is 13.8 Å².